The molecule has 0 saturated carbocycles. The summed E-state index contributed by atoms with van der Waals surface area (Å²) < 4.78 is 21.9. The third kappa shape index (κ3) is 6.86. The first kappa shape index (κ1) is 27.9. The van der Waals surface area contributed by atoms with Gasteiger partial charge in [-0.15, -0.1) is 0 Å². The van der Waals surface area contributed by atoms with Crippen LogP contribution in [0.2, 0.25) is 5.02 Å². The quantitative estimate of drug-likeness (QED) is 0.147. The van der Waals surface area contributed by atoms with Crippen molar-refractivity contribution in [2.45, 2.75) is 18.9 Å². The van der Waals surface area contributed by atoms with Crippen molar-refractivity contribution < 1.29 is 33.3 Å². The number of benzene rings is 2. The van der Waals surface area contributed by atoms with Gasteiger partial charge in [0.1, 0.15) is 5.57 Å². The van der Waals surface area contributed by atoms with E-state index in [0.717, 1.165) is 38.7 Å². The number of ether oxygens (including phenoxy) is 4. The van der Waals surface area contributed by atoms with Gasteiger partial charge in [-0.3, -0.25) is 9.69 Å². The summed E-state index contributed by atoms with van der Waals surface area (Å²) in [5.74, 6) is -1.85. The van der Waals surface area contributed by atoms with Crippen LogP contribution in [0.1, 0.15) is 23.6 Å². The van der Waals surface area contributed by atoms with Crippen molar-refractivity contribution in [1.82, 2.24) is 9.80 Å². The van der Waals surface area contributed by atoms with E-state index in [2.05, 4.69) is 4.90 Å². The molecule has 2 unspecified atom stereocenters. The van der Waals surface area contributed by atoms with Crippen LogP contribution in [0.5, 0.6) is 0 Å². The molecule has 2 aliphatic rings. The molecular weight excluding hydrogens is 512 g/mol. The zero-order valence-electron chi connectivity index (χ0n) is 21.2. The fourth-order valence-corrected chi connectivity index (χ4v) is 4.88. The molecule has 2 saturated heterocycles. The van der Waals surface area contributed by atoms with E-state index in [-0.39, 0.29) is 23.5 Å². The monoisotopic (exact) mass is 542 g/mol. The molecule has 38 heavy (non-hydrogen) atoms. The van der Waals surface area contributed by atoms with Gasteiger partial charge in [0.25, 0.3) is 6.41 Å². The van der Waals surface area contributed by atoms with Crippen LogP contribution in [0.25, 0.3) is 5.57 Å². The van der Waals surface area contributed by atoms with Crippen LogP contribution in [-0.4, -0.2) is 87.5 Å². The van der Waals surface area contributed by atoms with Gasteiger partial charge < -0.3 is 18.9 Å². The lowest BCUT2D eigenvalue weighted by molar-refractivity contribution is -0.193. The van der Waals surface area contributed by atoms with E-state index in [1.807, 2.05) is 35.2 Å². The van der Waals surface area contributed by atoms with Crippen LogP contribution >= 0.6 is 11.6 Å². The second-order valence-electron chi connectivity index (χ2n) is 8.90. The Morgan fingerprint density at radius 1 is 1.05 bits per heavy atom. The lowest BCUT2D eigenvalue weighted by Crippen LogP contribution is -2.41. The van der Waals surface area contributed by atoms with E-state index in [1.54, 1.807) is 18.2 Å². The van der Waals surface area contributed by atoms with Crippen LogP contribution in [0.15, 0.2) is 60.2 Å². The number of aldehydes is 1. The van der Waals surface area contributed by atoms with Gasteiger partial charge in [0, 0.05) is 37.2 Å². The molecule has 0 amide bonds. The molecule has 2 atom stereocenters. The maximum Gasteiger partial charge on any atom is 0.343 e. The molecule has 10 heteroatoms. The van der Waals surface area contributed by atoms with Crippen molar-refractivity contribution in [3.05, 3.63) is 76.3 Å². The molecule has 2 aromatic rings. The van der Waals surface area contributed by atoms with Crippen LogP contribution < -0.4 is 0 Å². The summed E-state index contributed by atoms with van der Waals surface area (Å²) in [4.78, 5) is 42.1. The standard InChI is InChI=1S/C28H31ClN2O7/c1-35-26(33)23(19-32)25(21-8-5-9-22(29)18-21)27(34)38-28-31(14-17-37-28)24(20-6-3-2-4-7-20)10-11-30-12-15-36-16-13-30/h2-9,18-19,24,28H,10-17H2,1H3/b25-23+. The number of esters is 2. The highest BCUT2D eigenvalue weighted by atomic mass is 35.5. The predicted molar refractivity (Wildman–Crippen MR) is 140 cm³/mol. The molecule has 0 bridgehead atoms. The zero-order chi connectivity index (χ0) is 26.9. The second kappa shape index (κ2) is 13.6. The first-order chi connectivity index (χ1) is 18.5. The molecule has 2 aliphatic heterocycles. The Bertz CT molecular complexity index is 1150. The van der Waals surface area contributed by atoms with Crippen molar-refractivity contribution in [2.75, 3.05) is 53.1 Å². The summed E-state index contributed by atoms with van der Waals surface area (Å²) in [5, 5.41) is 0.328. The molecular formula is C28H31ClN2O7. The Balaban J connectivity index is 1.60. The molecule has 4 rings (SSSR count). The molecule has 2 aromatic carbocycles. The molecule has 9 nitrogen and oxygen atoms in total. The number of hydrogen-bond acceptors (Lipinski definition) is 9. The normalized spacial score (nSPS) is 19.9. The average molecular weight is 543 g/mol. The number of methoxy groups -OCH3 is 1. The van der Waals surface area contributed by atoms with Crippen molar-refractivity contribution in [3.63, 3.8) is 0 Å². The third-order valence-electron chi connectivity index (χ3n) is 6.61. The Labute approximate surface area is 226 Å². The minimum atomic E-state index is -1.02. The van der Waals surface area contributed by atoms with Gasteiger partial charge in [-0.1, -0.05) is 54.1 Å². The van der Waals surface area contributed by atoms with E-state index in [4.69, 9.17) is 30.5 Å². The number of carbonyl (C=O) groups excluding carboxylic acids is 3. The van der Waals surface area contributed by atoms with Gasteiger partial charge in [0.2, 0.25) is 0 Å². The number of morpholine rings is 1. The number of halogens is 1. The first-order valence-electron chi connectivity index (χ1n) is 12.5. The topological polar surface area (TPSA) is 94.6 Å². The van der Waals surface area contributed by atoms with Crippen LogP contribution in [0.3, 0.4) is 0 Å². The van der Waals surface area contributed by atoms with Gasteiger partial charge in [-0.05, 0) is 29.7 Å². The van der Waals surface area contributed by atoms with Gasteiger partial charge in [-0.25, -0.2) is 14.5 Å². The fraction of sp³-hybridized carbons (Fsp3) is 0.393. The molecule has 0 spiro atoms. The lowest BCUT2D eigenvalue weighted by Gasteiger charge is -2.34. The minimum absolute atomic E-state index is 0.0934. The second-order valence-corrected chi connectivity index (χ2v) is 9.34. The highest BCUT2D eigenvalue weighted by Gasteiger charge is 2.37. The maximum atomic E-state index is 13.5. The zero-order valence-corrected chi connectivity index (χ0v) is 22.0. The van der Waals surface area contributed by atoms with Crippen molar-refractivity contribution >= 4 is 35.4 Å². The summed E-state index contributed by atoms with van der Waals surface area (Å²) in [6, 6.07) is 16.2. The molecule has 0 radical (unpaired) electrons. The number of rotatable bonds is 10. The summed E-state index contributed by atoms with van der Waals surface area (Å²) in [7, 11) is 1.13. The lowest BCUT2D eigenvalue weighted by atomic mass is 10.0. The Morgan fingerprint density at radius 2 is 1.82 bits per heavy atom. The summed E-state index contributed by atoms with van der Waals surface area (Å²) in [6.07, 6.45) is 0.0448. The summed E-state index contributed by atoms with van der Waals surface area (Å²) in [6.45, 7) is 4.88. The SMILES string of the molecule is COC(=O)/C(C=O)=C(/C(=O)OC1OCCN1C(CCN1CCOCC1)c1ccccc1)c1cccc(Cl)c1. The third-order valence-corrected chi connectivity index (χ3v) is 6.84. The number of carbonyl (C=O) groups is 3. The van der Waals surface area contributed by atoms with Gasteiger partial charge in [0.05, 0.1) is 32.5 Å². The van der Waals surface area contributed by atoms with Crippen molar-refractivity contribution in [3.8, 4) is 0 Å². The molecule has 0 N–H and O–H groups in total. The summed E-state index contributed by atoms with van der Waals surface area (Å²) in [5.41, 5.74) is 0.623. The van der Waals surface area contributed by atoms with Crippen molar-refractivity contribution in [2.24, 2.45) is 0 Å². The van der Waals surface area contributed by atoms with Crippen LogP contribution in [-0.2, 0) is 33.3 Å². The highest BCUT2D eigenvalue weighted by Crippen LogP contribution is 2.32. The van der Waals surface area contributed by atoms with Gasteiger partial charge in [-0.2, -0.15) is 0 Å². The van der Waals surface area contributed by atoms with Gasteiger partial charge in [0.15, 0.2) is 6.29 Å². The van der Waals surface area contributed by atoms with Crippen molar-refractivity contribution in [1.29, 1.82) is 0 Å². The fourth-order valence-electron chi connectivity index (χ4n) is 4.69. The Hall–Kier alpha value is -3.08. The van der Waals surface area contributed by atoms with Gasteiger partial charge >= 0.3 is 11.9 Å². The summed E-state index contributed by atoms with van der Waals surface area (Å²) >= 11 is 6.13. The van der Waals surface area contributed by atoms with E-state index >= 15 is 0 Å². The van der Waals surface area contributed by atoms with E-state index in [9.17, 15) is 14.4 Å². The molecule has 2 fully saturated rings. The van der Waals surface area contributed by atoms with E-state index < -0.39 is 23.9 Å². The molecule has 0 aromatic heterocycles. The molecule has 202 valence electrons. The molecule has 0 aliphatic carbocycles. The Morgan fingerprint density at radius 3 is 2.50 bits per heavy atom. The van der Waals surface area contributed by atoms with E-state index in [1.165, 1.54) is 6.07 Å². The minimum Gasteiger partial charge on any atom is -0.465 e. The highest BCUT2D eigenvalue weighted by molar-refractivity contribution is 6.32. The van der Waals surface area contributed by atoms with Crippen LogP contribution in [0, 0.1) is 0 Å². The largest absolute Gasteiger partial charge is 0.465 e. The number of nitrogens with zero attached hydrogens (tertiary/aromatic N) is 2. The first-order valence-corrected chi connectivity index (χ1v) is 12.9. The Kier molecular flexibility index (Phi) is 10.0. The molecule has 2 heterocycles. The van der Waals surface area contributed by atoms with E-state index in [0.29, 0.717) is 31.4 Å². The average Bonchev–Trinajstić information content (AvgIpc) is 3.40. The van der Waals surface area contributed by atoms with Crippen LogP contribution in [0.4, 0.5) is 0 Å². The predicted octanol–water partition coefficient (Wildman–Crippen LogP) is 3.09. The number of hydrogen-bond donors (Lipinski definition) is 0. The maximum absolute atomic E-state index is 13.5. The smallest absolute Gasteiger partial charge is 0.343 e.